The number of nitrogens with zero attached hydrogens (tertiary/aromatic N) is 1. The molecule has 0 bridgehead atoms. The Hall–Kier alpha value is -1.56. The van der Waals surface area contributed by atoms with Crippen LogP contribution < -0.4 is 5.32 Å². The average Bonchev–Trinajstić information content (AvgIpc) is 3.06. The van der Waals surface area contributed by atoms with Gasteiger partial charge < -0.3 is 15.3 Å². The van der Waals surface area contributed by atoms with Crippen molar-refractivity contribution in [2.45, 2.75) is 38.8 Å². The first-order chi connectivity index (χ1) is 9.60. The number of thiophene rings is 1. The summed E-state index contributed by atoms with van der Waals surface area (Å²) in [6.45, 7) is 3.19. The van der Waals surface area contributed by atoms with Crippen LogP contribution in [0.2, 0.25) is 0 Å². The SMILES string of the molecule is CCN(Cc1cccs1)C(=O)N[C@H]1CC[C@@H](C(=O)O)C1. The molecule has 2 rings (SSSR count). The zero-order chi connectivity index (χ0) is 14.5. The van der Waals surface area contributed by atoms with E-state index in [2.05, 4.69) is 5.32 Å². The third-order valence-corrected chi connectivity index (χ3v) is 4.57. The molecule has 0 aromatic carbocycles. The van der Waals surface area contributed by atoms with E-state index >= 15 is 0 Å². The van der Waals surface area contributed by atoms with Gasteiger partial charge in [0.2, 0.25) is 0 Å². The zero-order valence-electron chi connectivity index (χ0n) is 11.5. The number of carbonyl (C=O) groups excluding carboxylic acids is 1. The Morgan fingerprint density at radius 2 is 2.30 bits per heavy atom. The summed E-state index contributed by atoms with van der Waals surface area (Å²) in [7, 11) is 0. The first-order valence-electron chi connectivity index (χ1n) is 6.90. The van der Waals surface area contributed by atoms with Crippen molar-refractivity contribution in [3.8, 4) is 0 Å². The molecule has 1 aromatic rings. The molecule has 1 fully saturated rings. The molecule has 1 aromatic heterocycles. The second-order valence-corrected chi connectivity index (χ2v) is 6.12. The van der Waals surface area contributed by atoms with Crippen LogP contribution in [0.25, 0.3) is 0 Å². The van der Waals surface area contributed by atoms with E-state index in [0.717, 1.165) is 11.3 Å². The van der Waals surface area contributed by atoms with Crippen molar-refractivity contribution in [1.29, 1.82) is 0 Å². The fraction of sp³-hybridized carbons (Fsp3) is 0.571. The summed E-state index contributed by atoms with van der Waals surface area (Å²) >= 11 is 1.63. The molecule has 1 aliphatic rings. The van der Waals surface area contributed by atoms with E-state index in [4.69, 9.17) is 5.11 Å². The highest BCUT2D eigenvalue weighted by molar-refractivity contribution is 7.09. The summed E-state index contributed by atoms with van der Waals surface area (Å²) in [6.07, 6.45) is 1.94. The second-order valence-electron chi connectivity index (χ2n) is 5.09. The fourth-order valence-corrected chi connectivity index (χ4v) is 3.24. The van der Waals surface area contributed by atoms with Crippen molar-refractivity contribution < 1.29 is 14.7 Å². The number of hydrogen-bond acceptors (Lipinski definition) is 3. The van der Waals surface area contributed by atoms with Crippen LogP contribution in [-0.4, -0.2) is 34.6 Å². The zero-order valence-corrected chi connectivity index (χ0v) is 12.4. The maximum absolute atomic E-state index is 12.2. The number of nitrogens with one attached hydrogen (secondary N) is 1. The van der Waals surface area contributed by atoms with Gasteiger partial charge in [-0.15, -0.1) is 11.3 Å². The Morgan fingerprint density at radius 3 is 2.85 bits per heavy atom. The van der Waals surface area contributed by atoms with Crippen LogP contribution in [0.5, 0.6) is 0 Å². The van der Waals surface area contributed by atoms with Gasteiger partial charge in [0.25, 0.3) is 0 Å². The van der Waals surface area contributed by atoms with Crippen molar-refractivity contribution in [3.05, 3.63) is 22.4 Å². The Kier molecular flexibility index (Phi) is 5.00. The molecule has 1 aliphatic carbocycles. The van der Waals surface area contributed by atoms with Gasteiger partial charge in [-0.05, 0) is 37.6 Å². The maximum atomic E-state index is 12.2. The topological polar surface area (TPSA) is 69.6 Å². The lowest BCUT2D eigenvalue weighted by Crippen LogP contribution is -2.43. The minimum atomic E-state index is -0.757. The molecule has 0 unspecified atom stereocenters. The second kappa shape index (κ2) is 6.74. The molecular formula is C14H20N2O3S. The van der Waals surface area contributed by atoms with Crippen LogP contribution in [0.1, 0.15) is 31.1 Å². The largest absolute Gasteiger partial charge is 0.481 e. The van der Waals surface area contributed by atoms with E-state index in [-0.39, 0.29) is 18.0 Å². The van der Waals surface area contributed by atoms with Gasteiger partial charge in [0.15, 0.2) is 0 Å². The molecule has 2 atom stereocenters. The lowest BCUT2D eigenvalue weighted by molar-refractivity contribution is -0.141. The smallest absolute Gasteiger partial charge is 0.317 e. The predicted molar refractivity (Wildman–Crippen MR) is 77.7 cm³/mol. The number of amides is 2. The van der Waals surface area contributed by atoms with Gasteiger partial charge in [0.1, 0.15) is 0 Å². The van der Waals surface area contributed by atoms with Crippen LogP contribution in [0, 0.1) is 5.92 Å². The van der Waals surface area contributed by atoms with Crippen molar-refractivity contribution in [2.75, 3.05) is 6.54 Å². The van der Waals surface area contributed by atoms with Crippen molar-refractivity contribution in [1.82, 2.24) is 10.2 Å². The quantitative estimate of drug-likeness (QED) is 0.877. The molecule has 5 nitrogen and oxygen atoms in total. The number of hydrogen-bond donors (Lipinski definition) is 2. The average molecular weight is 296 g/mol. The normalized spacial score (nSPS) is 21.6. The summed E-state index contributed by atoms with van der Waals surface area (Å²) < 4.78 is 0. The molecule has 0 aliphatic heterocycles. The standard InChI is InChI=1S/C14H20N2O3S/c1-2-16(9-12-4-3-7-20-12)14(19)15-11-6-5-10(8-11)13(17)18/h3-4,7,10-11H,2,5-6,8-9H2,1H3,(H,15,19)(H,17,18)/t10-,11+/m1/s1. The number of carboxylic acids is 1. The van der Waals surface area contributed by atoms with E-state index in [1.807, 2.05) is 24.4 Å². The summed E-state index contributed by atoms with van der Waals surface area (Å²) in [5, 5.41) is 13.9. The van der Waals surface area contributed by atoms with E-state index in [1.165, 1.54) is 0 Å². The molecule has 0 radical (unpaired) electrons. The van der Waals surface area contributed by atoms with E-state index in [1.54, 1.807) is 16.2 Å². The highest BCUT2D eigenvalue weighted by Gasteiger charge is 2.31. The summed E-state index contributed by atoms with van der Waals surface area (Å²) in [5.74, 6) is -1.07. The monoisotopic (exact) mass is 296 g/mol. The van der Waals surface area contributed by atoms with Gasteiger partial charge in [0.05, 0.1) is 12.5 Å². The first kappa shape index (κ1) is 14.8. The Labute approximate surface area is 122 Å². The predicted octanol–water partition coefficient (Wildman–Crippen LogP) is 2.53. The number of carbonyl (C=O) groups is 2. The lowest BCUT2D eigenvalue weighted by Gasteiger charge is -2.23. The van der Waals surface area contributed by atoms with Crippen LogP contribution in [-0.2, 0) is 11.3 Å². The highest BCUT2D eigenvalue weighted by Crippen LogP contribution is 2.25. The molecule has 20 heavy (non-hydrogen) atoms. The van der Waals surface area contributed by atoms with E-state index < -0.39 is 5.97 Å². The maximum Gasteiger partial charge on any atom is 0.317 e. The molecule has 0 spiro atoms. The number of aliphatic carboxylic acids is 1. The van der Waals surface area contributed by atoms with Gasteiger partial charge in [-0.1, -0.05) is 6.07 Å². The number of urea groups is 1. The van der Waals surface area contributed by atoms with Gasteiger partial charge in [-0.3, -0.25) is 4.79 Å². The summed E-state index contributed by atoms with van der Waals surface area (Å²) in [5.41, 5.74) is 0. The summed E-state index contributed by atoms with van der Waals surface area (Å²) in [4.78, 5) is 26.0. The molecule has 110 valence electrons. The minimum Gasteiger partial charge on any atom is -0.481 e. The van der Waals surface area contributed by atoms with Crippen molar-refractivity contribution in [3.63, 3.8) is 0 Å². The lowest BCUT2D eigenvalue weighted by atomic mass is 10.1. The minimum absolute atomic E-state index is 0.0130. The highest BCUT2D eigenvalue weighted by atomic mass is 32.1. The van der Waals surface area contributed by atoms with Crippen molar-refractivity contribution in [2.24, 2.45) is 5.92 Å². The van der Waals surface area contributed by atoms with Crippen LogP contribution in [0.3, 0.4) is 0 Å². The fourth-order valence-electron chi connectivity index (χ4n) is 2.52. The number of rotatable bonds is 5. The van der Waals surface area contributed by atoms with Gasteiger partial charge in [0, 0.05) is 17.5 Å². The van der Waals surface area contributed by atoms with E-state index in [0.29, 0.717) is 25.9 Å². The Balaban J connectivity index is 1.85. The van der Waals surface area contributed by atoms with Crippen LogP contribution in [0.4, 0.5) is 4.79 Å². The third-order valence-electron chi connectivity index (χ3n) is 3.71. The molecule has 1 saturated carbocycles. The van der Waals surface area contributed by atoms with Crippen molar-refractivity contribution >= 4 is 23.3 Å². The molecule has 2 N–H and O–H groups in total. The van der Waals surface area contributed by atoms with E-state index in [9.17, 15) is 9.59 Å². The van der Waals surface area contributed by atoms with Gasteiger partial charge >= 0.3 is 12.0 Å². The first-order valence-corrected chi connectivity index (χ1v) is 7.78. The molecule has 6 heteroatoms. The number of carboxylic acid groups (broad SMARTS) is 1. The molecule has 2 amide bonds. The third kappa shape index (κ3) is 3.72. The van der Waals surface area contributed by atoms with Crippen LogP contribution >= 0.6 is 11.3 Å². The summed E-state index contributed by atoms with van der Waals surface area (Å²) in [6, 6.07) is 3.87. The van der Waals surface area contributed by atoms with Gasteiger partial charge in [-0.25, -0.2) is 4.79 Å². The van der Waals surface area contributed by atoms with Crippen LogP contribution in [0.15, 0.2) is 17.5 Å². The van der Waals surface area contributed by atoms with Gasteiger partial charge in [-0.2, -0.15) is 0 Å². The molecule has 0 saturated heterocycles. The Morgan fingerprint density at radius 1 is 1.50 bits per heavy atom. The molecule has 1 heterocycles. The molecular weight excluding hydrogens is 276 g/mol. The Bertz CT molecular complexity index is 461.